The largest absolute Gasteiger partial charge is 0.493 e. The zero-order valence-electron chi connectivity index (χ0n) is 16.9. The van der Waals surface area contributed by atoms with Crippen molar-refractivity contribution in [3.63, 3.8) is 0 Å². The number of nitrogens with one attached hydrogen (secondary N) is 1. The summed E-state index contributed by atoms with van der Waals surface area (Å²) in [5.74, 6) is 0.837. The Balaban J connectivity index is 1.69. The maximum atomic E-state index is 12.7. The quantitative estimate of drug-likeness (QED) is 0.206. The molecule has 0 radical (unpaired) electrons. The molecule has 0 spiro atoms. The van der Waals surface area contributed by atoms with Crippen LogP contribution in [0.3, 0.4) is 0 Å². The van der Waals surface area contributed by atoms with Crippen molar-refractivity contribution < 1.29 is 14.3 Å². The van der Waals surface area contributed by atoms with Gasteiger partial charge in [0.1, 0.15) is 5.75 Å². The van der Waals surface area contributed by atoms with Crippen LogP contribution >= 0.6 is 35.0 Å². The lowest BCUT2D eigenvalue weighted by atomic mass is 10.1. The lowest BCUT2D eigenvalue weighted by Crippen LogP contribution is -2.15. The first kappa shape index (κ1) is 23.2. The van der Waals surface area contributed by atoms with Crippen molar-refractivity contribution in [2.45, 2.75) is 18.2 Å². The number of anilines is 1. The summed E-state index contributed by atoms with van der Waals surface area (Å²) in [5.41, 5.74) is 1.09. The molecule has 3 aromatic carbocycles. The SMILES string of the molecule is CCC(=O)c1cc(OCCSc2ccccc2)ccc1NC(=O)c1ccc(Cl)cc1Cl. The first-order valence-electron chi connectivity index (χ1n) is 9.72. The fourth-order valence-corrected chi connectivity index (χ4v) is 4.09. The van der Waals surface area contributed by atoms with Crippen molar-refractivity contribution in [1.29, 1.82) is 0 Å². The summed E-state index contributed by atoms with van der Waals surface area (Å²) in [6.45, 7) is 2.26. The molecule has 4 nitrogen and oxygen atoms in total. The average molecular weight is 474 g/mol. The molecule has 0 aliphatic heterocycles. The van der Waals surface area contributed by atoms with Gasteiger partial charge in [-0.25, -0.2) is 0 Å². The third kappa shape index (κ3) is 6.50. The van der Waals surface area contributed by atoms with E-state index in [1.54, 1.807) is 49.0 Å². The van der Waals surface area contributed by atoms with Gasteiger partial charge in [-0.05, 0) is 48.5 Å². The van der Waals surface area contributed by atoms with Gasteiger partial charge in [0.2, 0.25) is 0 Å². The van der Waals surface area contributed by atoms with Crippen LogP contribution in [-0.2, 0) is 0 Å². The monoisotopic (exact) mass is 473 g/mol. The minimum atomic E-state index is -0.417. The van der Waals surface area contributed by atoms with Gasteiger partial charge in [-0.15, -0.1) is 11.8 Å². The number of thioether (sulfide) groups is 1. The minimum Gasteiger partial charge on any atom is -0.493 e. The molecule has 3 rings (SSSR count). The molecule has 31 heavy (non-hydrogen) atoms. The molecule has 160 valence electrons. The van der Waals surface area contributed by atoms with E-state index in [0.29, 0.717) is 35.1 Å². The number of ketones is 1. The summed E-state index contributed by atoms with van der Waals surface area (Å²) in [6.07, 6.45) is 0.303. The topological polar surface area (TPSA) is 55.4 Å². The second kappa shape index (κ2) is 11.2. The smallest absolute Gasteiger partial charge is 0.257 e. The molecule has 3 aromatic rings. The van der Waals surface area contributed by atoms with Gasteiger partial charge in [-0.2, -0.15) is 0 Å². The summed E-state index contributed by atoms with van der Waals surface area (Å²) in [4.78, 5) is 26.3. The van der Waals surface area contributed by atoms with Crippen LogP contribution in [-0.4, -0.2) is 24.1 Å². The number of carbonyl (C=O) groups excluding carboxylic acids is 2. The highest BCUT2D eigenvalue weighted by molar-refractivity contribution is 7.99. The molecule has 0 bridgehead atoms. The Bertz CT molecular complexity index is 1070. The van der Waals surface area contributed by atoms with Gasteiger partial charge >= 0.3 is 0 Å². The molecule has 0 unspecified atom stereocenters. The number of rotatable bonds is 9. The molecule has 0 aromatic heterocycles. The standard InChI is InChI=1S/C24H21Cl2NO3S/c1-2-23(28)20-15-17(30-12-13-31-18-6-4-3-5-7-18)9-11-22(20)27-24(29)19-10-8-16(25)14-21(19)26/h3-11,14-15H,2,12-13H2,1H3,(H,27,29). The van der Waals surface area contributed by atoms with Gasteiger partial charge in [-0.3, -0.25) is 9.59 Å². The minimum absolute atomic E-state index is 0.0957. The normalized spacial score (nSPS) is 10.5. The van der Waals surface area contributed by atoms with E-state index in [-0.39, 0.29) is 16.4 Å². The van der Waals surface area contributed by atoms with E-state index in [1.807, 2.05) is 30.3 Å². The molecule has 0 saturated heterocycles. The second-order valence-corrected chi connectivity index (χ2v) is 8.58. The van der Waals surface area contributed by atoms with E-state index >= 15 is 0 Å². The van der Waals surface area contributed by atoms with Crippen LogP contribution in [0, 0.1) is 0 Å². The predicted molar refractivity (Wildman–Crippen MR) is 128 cm³/mol. The lowest BCUT2D eigenvalue weighted by molar-refractivity contribution is 0.0988. The highest BCUT2D eigenvalue weighted by Gasteiger charge is 2.16. The molecule has 0 aliphatic carbocycles. The van der Waals surface area contributed by atoms with Crippen LogP contribution in [0.15, 0.2) is 71.6 Å². The molecule has 1 amide bonds. The molecular weight excluding hydrogens is 453 g/mol. The number of carbonyl (C=O) groups is 2. The number of hydrogen-bond acceptors (Lipinski definition) is 4. The maximum Gasteiger partial charge on any atom is 0.257 e. The molecule has 0 aliphatic rings. The highest BCUT2D eigenvalue weighted by Crippen LogP contribution is 2.27. The fourth-order valence-electron chi connectivity index (χ4n) is 2.84. The van der Waals surface area contributed by atoms with Crippen LogP contribution in [0.25, 0.3) is 0 Å². The van der Waals surface area contributed by atoms with Crippen LogP contribution in [0.4, 0.5) is 5.69 Å². The van der Waals surface area contributed by atoms with Gasteiger partial charge in [0.05, 0.1) is 22.9 Å². The number of Topliss-reactive ketones (excluding diaryl/α,β-unsaturated/α-hetero) is 1. The first-order chi connectivity index (χ1) is 15.0. The van der Waals surface area contributed by atoms with Crippen molar-refractivity contribution in [2.24, 2.45) is 0 Å². The predicted octanol–water partition coefficient (Wildman–Crippen LogP) is 7.01. The summed E-state index contributed by atoms with van der Waals surface area (Å²) in [7, 11) is 0. The Kier molecular flexibility index (Phi) is 8.41. The lowest BCUT2D eigenvalue weighted by Gasteiger charge is -2.13. The Labute approximate surface area is 195 Å². The third-order valence-electron chi connectivity index (χ3n) is 4.40. The maximum absolute atomic E-state index is 12.7. The molecule has 0 heterocycles. The molecule has 1 N–H and O–H groups in total. The summed E-state index contributed by atoms with van der Waals surface area (Å²) in [5, 5.41) is 3.45. The Morgan fingerprint density at radius 2 is 1.74 bits per heavy atom. The number of benzene rings is 3. The Hall–Kier alpha value is -2.47. The van der Waals surface area contributed by atoms with Crippen LogP contribution < -0.4 is 10.1 Å². The van der Waals surface area contributed by atoms with Crippen LogP contribution in [0.2, 0.25) is 10.0 Å². The number of ether oxygens (including phenoxy) is 1. The molecule has 7 heteroatoms. The van der Waals surface area contributed by atoms with E-state index in [9.17, 15) is 9.59 Å². The molecule has 0 atom stereocenters. The second-order valence-electron chi connectivity index (χ2n) is 6.57. The van der Waals surface area contributed by atoms with Gasteiger partial charge in [-0.1, -0.05) is 48.3 Å². The van der Waals surface area contributed by atoms with Gasteiger partial charge in [0, 0.05) is 27.7 Å². The summed E-state index contributed by atoms with van der Waals surface area (Å²) in [6, 6.07) is 19.8. The van der Waals surface area contributed by atoms with Gasteiger partial charge in [0.25, 0.3) is 5.91 Å². The zero-order chi connectivity index (χ0) is 22.2. The van der Waals surface area contributed by atoms with E-state index < -0.39 is 5.91 Å². The Morgan fingerprint density at radius 1 is 0.968 bits per heavy atom. The van der Waals surface area contributed by atoms with Gasteiger partial charge < -0.3 is 10.1 Å². The van der Waals surface area contributed by atoms with Crippen molar-refractivity contribution in [1.82, 2.24) is 0 Å². The van der Waals surface area contributed by atoms with Crippen molar-refractivity contribution in [3.05, 3.63) is 87.9 Å². The van der Waals surface area contributed by atoms with E-state index in [0.717, 1.165) is 5.75 Å². The van der Waals surface area contributed by atoms with Gasteiger partial charge in [0.15, 0.2) is 5.78 Å². The van der Waals surface area contributed by atoms with Crippen molar-refractivity contribution in [2.75, 3.05) is 17.7 Å². The van der Waals surface area contributed by atoms with Crippen molar-refractivity contribution >= 4 is 52.3 Å². The number of amides is 1. The molecule has 0 saturated carbocycles. The van der Waals surface area contributed by atoms with Crippen LogP contribution in [0.1, 0.15) is 34.1 Å². The fraction of sp³-hybridized carbons (Fsp3) is 0.167. The molecule has 0 fully saturated rings. The summed E-state index contributed by atoms with van der Waals surface area (Å²) < 4.78 is 5.82. The van der Waals surface area contributed by atoms with E-state index in [2.05, 4.69) is 5.32 Å². The third-order valence-corrected chi connectivity index (χ3v) is 5.92. The van der Waals surface area contributed by atoms with Crippen molar-refractivity contribution in [3.8, 4) is 5.75 Å². The average Bonchev–Trinajstić information content (AvgIpc) is 2.77. The first-order valence-corrected chi connectivity index (χ1v) is 11.5. The van der Waals surface area contributed by atoms with E-state index in [4.69, 9.17) is 27.9 Å². The number of hydrogen-bond donors (Lipinski definition) is 1. The van der Waals surface area contributed by atoms with E-state index in [1.165, 1.54) is 11.0 Å². The summed E-state index contributed by atoms with van der Waals surface area (Å²) >= 11 is 13.7. The van der Waals surface area contributed by atoms with Crippen LogP contribution in [0.5, 0.6) is 5.75 Å². The molecular formula is C24H21Cl2NO3S. The zero-order valence-corrected chi connectivity index (χ0v) is 19.2. The Morgan fingerprint density at radius 3 is 2.45 bits per heavy atom. The number of halogens is 2. The highest BCUT2D eigenvalue weighted by atomic mass is 35.5.